The lowest BCUT2D eigenvalue weighted by atomic mass is 9.96. The molecule has 2 heterocycles. The average molecular weight is 272 g/mol. The molecule has 2 aromatic rings. The van der Waals surface area contributed by atoms with Gasteiger partial charge in [0.1, 0.15) is 5.69 Å². The third-order valence-corrected chi connectivity index (χ3v) is 3.79. The number of nitrogens with zero attached hydrogens (tertiary/aromatic N) is 3. The van der Waals surface area contributed by atoms with Crippen molar-refractivity contribution in [3.05, 3.63) is 52.3 Å². The number of H-pyrrole nitrogens is 1. The van der Waals surface area contributed by atoms with E-state index in [1.54, 1.807) is 18.3 Å². The fourth-order valence-electron chi connectivity index (χ4n) is 2.87. The van der Waals surface area contributed by atoms with Crippen LogP contribution in [0.2, 0.25) is 0 Å². The first-order chi connectivity index (χ1) is 9.77. The number of benzene rings is 1. The van der Waals surface area contributed by atoms with Crippen LogP contribution in [0.3, 0.4) is 0 Å². The zero-order valence-corrected chi connectivity index (χ0v) is 11.0. The van der Waals surface area contributed by atoms with E-state index in [0.29, 0.717) is 5.69 Å². The Morgan fingerprint density at radius 1 is 1.35 bits per heavy atom. The van der Waals surface area contributed by atoms with Gasteiger partial charge in [0.05, 0.1) is 17.2 Å². The minimum atomic E-state index is -0.309. The van der Waals surface area contributed by atoms with Gasteiger partial charge in [-0.25, -0.2) is 0 Å². The smallest absolute Gasteiger partial charge is 0.292 e. The van der Waals surface area contributed by atoms with Crippen molar-refractivity contribution in [3.8, 4) is 0 Å². The molecule has 1 atom stereocenters. The van der Waals surface area contributed by atoms with Crippen LogP contribution < -0.4 is 4.90 Å². The van der Waals surface area contributed by atoms with Gasteiger partial charge in [0.25, 0.3) is 5.69 Å². The highest BCUT2D eigenvalue weighted by Gasteiger charge is 2.29. The summed E-state index contributed by atoms with van der Waals surface area (Å²) in [5.41, 5.74) is 1.95. The van der Waals surface area contributed by atoms with Crippen molar-refractivity contribution in [2.45, 2.75) is 25.3 Å². The second-order valence-electron chi connectivity index (χ2n) is 4.98. The summed E-state index contributed by atoms with van der Waals surface area (Å²) in [6.07, 6.45) is 6.86. The fourth-order valence-corrected chi connectivity index (χ4v) is 2.87. The number of piperidine rings is 1. The Bertz CT molecular complexity index is 597. The summed E-state index contributed by atoms with van der Waals surface area (Å²) in [5.74, 6) is 0. The largest absolute Gasteiger partial charge is 0.359 e. The van der Waals surface area contributed by atoms with Crippen LogP contribution in [0.4, 0.5) is 11.4 Å². The maximum atomic E-state index is 11.2. The van der Waals surface area contributed by atoms with Crippen LogP contribution in [-0.4, -0.2) is 21.7 Å². The molecule has 3 rings (SSSR count). The van der Waals surface area contributed by atoms with E-state index in [1.807, 2.05) is 18.3 Å². The normalized spacial score (nSPS) is 19.0. The summed E-state index contributed by atoms with van der Waals surface area (Å²) in [6, 6.07) is 7.11. The van der Waals surface area contributed by atoms with Crippen LogP contribution >= 0.6 is 0 Å². The second kappa shape index (κ2) is 5.32. The number of hydrogen-bond donors (Lipinski definition) is 1. The molecule has 0 bridgehead atoms. The Morgan fingerprint density at radius 3 is 2.95 bits per heavy atom. The summed E-state index contributed by atoms with van der Waals surface area (Å²) in [4.78, 5) is 13.0. The summed E-state index contributed by atoms with van der Waals surface area (Å²) in [5, 5.41) is 18.0. The molecule has 1 aliphatic heterocycles. The topological polar surface area (TPSA) is 75.1 Å². The van der Waals surface area contributed by atoms with E-state index in [-0.39, 0.29) is 16.7 Å². The van der Waals surface area contributed by atoms with Crippen molar-refractivity contribution in [2.24, 2.45) is 0 Å². The highest BCUT2D eigenvalue weighted by Crippen LogP contribution is 2.38. The van der Waals surface area contributed by atoms with Crippen molar-refractivity contribution >= 4 is 11.4 Å². The Kier molecular flexibility index (Phi) is 3.37. The molecule has 0 radical (unpaired) electrons. The Labute approximate surface area is 116 Å². The number of aromatic amines is 1. The van der Waals surface area contributed by atoms with E-state index in [0.717, 1.165) is 31.4 Å². The molecular weight excluding hydrogens is 256 g/mol. The van der Waals surface area contributed by atoms with Gasteiger partial charge in [-0.15, -0.1) is 0 Å². The zero-order chi connectivity index (χ0) is 13.9. The summed E-state index contributed by atoms with van der Waals surface area (Å²) in [6.45, 7) is 0.834. The fraction of sp³-hybridized carbons (Fsp3) is 0.357. The number of anilines is 1. The molecule has 1 aromatic carbocycles. The van der Waals surface area contributed by atoms with E-state index in [2.05, 4.69) is 15.1 Å². The van der Waals surface area contributed by atoms with Crippen molar-refractivity contribution in [1.29, 1.82) is 0 Å². The molecule has 0 amide bonds. The number of nitro groups is 1. The molecule has 6 heteroatoms. The number of nitrogens with one attached hydrogen (secondary N) is 1. The molecule has 6 nitrogen and oxygen atoms in total. The van der Waals surface area contributed by atoms with Crippen molar-refractivity contribution < 1.29 is 4.92 Å². The number of aromatic nitrogens is 2. The Balaban J connectivity index is 2.00. The van der Waals surface area contributed by atoms with Gasteiger partial charge in [0.2, 0.25) is 0 Å². The van der Waals surface area contributed by atoms with Crippen LogP contribution in [0, 0.1) is 10.1 Å². The van der Waals surface area contributed by atoms with Crippen molar-refractivity contribution in [1.82, 2.24) is 10.2 Å². The maximum absolute atomic E-state index is 11.2. The minimum Gasteiger partial charge on any atom is -0.359 e. The first-order valence-electron chi connectivity index (χ1n) is 6.76. The van der Waals surface area contributed by atoms with Crippen LogP contribution in [-0.2, 0) is 0 Å². The molecular formula is C14H16N4O2. The molecule has 0 spiro atoms. The first kappa shape index (κ1) is 12.7. The average Bonchev–Trinajstić information content (AvgIpc) is 3.01. The lowest BCUT2D eigenvalue weighted by Gasteiger charge is -2.36. The molecule has 1 fully saturated rings. The monoisotopic (exact) mass is 272 g/mol. The molecule has 1 saturated heterocycles. The van der Waals surface area contributed by atoms with Gasteiger partial charge in [-0.1, -0.05) is 12.1 Å². The zero-order valence-electron chi connectivity index (χ0n) is 11.0. The summed E-state index contributed by atoms with van der Waals surface area (Å²) < 4.78 is 0. The maximum Gasteiger partial charge on any atom is 0.292 e. The van der Waals surface area contributed by atoms with Crippen LogP contribution in [0.15, 0.2) is 36.7 Å². The van der Waals surface area contributed by atoms with Crippen LogP contribution in [0.5, 0.6) is 0 Å². The lowest BCUT2D eigenvalue weighted by Crippen LogP contribution is -2.33. The second-order valence-corrected chi connectivity index (χ2v) is 4.98. The van der Waals surface area contributed by atoms with Crippen molar-refractivity contribution in [3.63, 3.8) is 0 Å². The summed E-state index contributed by atoms with van der Waals surface area (Å²) >= 11 is 0. The molecule has 1 N–H and O–H groups in total. The van der Waals surface area contributed by atoms with Gasteiger partial charge in [-0.3, -0.25) is 15.2 Å². The Morgan fingerprint density at radius 2 is 2.20 bits per heavy atom. The van der Waals surface area contributed by atoms with Crippen molar-refractivity contribution in [2.75, 3.05) is 11.4 Å². The third kappa shape index (κ3) is 2.24. The highest BCUT2D eigenvalue weighted by molar-refractivity contribution is 5.64. The van der Waals surface area contributed by atoms with Crippen LogP contribution in [0.25, 0.3) is 0 Å². The number of rotatable bonds is 3. The molecule has 0 aliphatic carbocycles. The predicted octanol–water partition coefficient (Wildman–Crippen LogP) is 3.05. The van der Waals surface area contributed by atoms with E-state index >= 15 is 0 Å². The predicted molar refractivity (Wildman–Crippen MR) is 75.6 cm³/mol. The van der Waals surface area contributed by atoms with E-state index in [4.69, 9.17) is 0 Å². The van der Waals surface area contributed by atoms with Crippen LogP contribution in [0.1, 0.15) is 30.9 Å². The molecule has 20 heavy (non-hydrogen) atoms. The standard InChI is InChI=1S/C14H16N4O2/c19-18(20)14-7-2-1-6-13(14)17-8-4-3-5-12(17)11-9-15-16-10-11/h1-2,6-7,9-10,12H,3-5,8H2,(H,15,16)/t12-/m1/s1. The minimum absolute atomic E-state index is 0.156. The molecule has 0 saturated carbocycles. The number of para-hydroxylation sites is 2. The van der Waals surface area contributed by atoms with Gasteiger partial charge in [0.15, 0.2) is 0 Å². The van der Waals surface area contributed by atoms with Gasteiger partial charge in [0, 0.05) is 24.4 Å². The highest BCUT2D eigenvalue weighted by atomic mass is 16.6. The lowest BCUT2D eigenvalue weighted by molar-refractivity contribution is -0.384. The number of hydrogen-bond acceptors (Lipinski definition) is 4. The number of nitro benzene ring substituents is 1. The van der Waals surface area contributed by atoms with E-state index < -0.39 is 0 Å². The third-order valence-electron chi connectivity index (χ3n) is 3.79. The van der Waals surface area contributed by atoms with Gasteiger partial charge in [-0.05, 0) is 25.3 Å². The van der Waals surface area contributed by atoms with Gasteiger partial charge < -0.3 is 4.90 Å². The SMILES string of the molecule is O=[N+]([O-])c1ccccc1N1CCCC[C@@H]1c1cn[nH]c1. The molecule has 1 aliphatic rings. The molecule has 0 unspecified atom stereocenters. The van der Waals surface area contributed by atoms with E-state index in [9.17, 15) is 10.1 Å². The first-order valence-corrected chi connectivity index (χ1v) is 6.76. The Hall–Kier alpha value is -2.37. The van der Waals surface area contributed by atoms with Gasteiger partial charge in [-0.2, -0.15) is 5.10 Å². The van der Waals surface area contributed by atoms with Gasteiger partial charge >= 0.3 is 0 Å². The summed E-state index contributed by atoms with van der Waals surface area (Å²) in [7, 11) is 0. The molecule has 1 aromatic heterocycles. The molecule has 104 valence electrons. The van der Waals surface area contributed by atoms with E-state index in [1.165, 1.54) is 0 Å². The quantitative estimate of drug-likeness (QED) is 0.688.